The minimum Gasteiger partial charge on any atom is -0.486 e. The van der Waals surface area contributed by atoms with E-state index in [1.54, 1.807) is 0 Å². The van der Waals surface area contributed by atoms with Gasteiger partial charge in [0.05, 0.1) is 11.4 Å². The van der Waals surface area contributed by atoms with Crippen LogP contribution in [0.5, 0.6) is 11.5 Å². The second kappa shape index (κ2) is 12.4. The zero-order valence-corrected chi connectivity index (χ0v) is 20.8. The van der Waals surface area contributed by atoms with Gasteiger partial charge in [-0.1, -0.05) is 25.1 Å². The van der Waals surface area contributed by atoms with E-state index >= 15 is 0 Å². The highest BCUT2D eigenvalue weighted by Crippen LogP contribution is 2.35. The Labute approximate surface area is 215 Å². The molecule has 0 unspecified atom stereocenters. The third-order valence-corrected chi connectivity index (χ3v) is 6.43. The number of carboxylic acids is 2. The van der Waals surface area contributed by atoms with Crippen LogP contribution in [-0.2, 0) is 16.1 Å². The molecule has 2 aromatic carbocycles. The molecule has 10 nitrogen and oxygen atoms in total. The Morgan fingerprint density at radius 2 is 1.68 bits per heavy atom. The van der Waals surface area contributed by atoms with Crippen molar-refractivity contribution in [2.75, 3.05) is 32.8 Å². The van der Waals surface area contributed by atoms with Crippen LogP contribution < -0.4 is 14.8 Å². The van der Waals surface area contributed by atoms with Crippen LogP contribution in [0.25, 0.3) is 16.9 Å². The fourth-order valence-corrected chi connectivity index (χ4v) is 4.39. The number of ether oxygens (including phenoxy) is 2. The molecule has 1 fully saturated rings. The van der Waals surface area contributed by atoms with Crippen molar-refractivity contribution in [3.05, 3.63) is 60.3 Å². The Morgan fingerprint density at radius 3 is 2.32 bits per heavy atom. The van der Waals surface area contributed by atoms with Gasteiger partial charge in [0.15, 0.2) is 11.5 Å². The lowest BCUT2D eigenvalue weighted by molar-refractivity contribution is -0.159. The minimum atomic E-state index is -1.82. The van der Waals surface area contributed by atoms with Crippen LogP contribution in [0, 0.1) is 0 Å². The van der Waals surface area contributed by atoms with Crippen LogP contribution >= 0.6 is 0 Å². The van der Waals surface area contributed by atoms with Crippen LogP contribution in [0.15, 0.2) is 54.7 Å². The van der Waals surface area contributed by atoms with Gasteiger partial charge in [0.25, 0.3) is 0 Å². The second-order valence-corrected chi connectivity index (χ2v) is 8.84. The molecule has 3 aromatic rings. The number of para-hydroxylation sites is 1. The van der Waals surface area contributed by atoms with E-state index in [0.29, 0.717) is 19.3 Å². The first-order valence-electron chi connectivity index (χ1n) is 12.4. The summed E-state index contributed by atoms with van der Waals surface area (Å²) >= 11 is 0. The van der Waals surface area contributed by atoms with Gasteiger partial charge < -0.3 is 29.9 Å². The fourth-order valence-electron chi connectivity index (χ4n) is 4.39. The smallest absolute Gasteiger partial charge is 0.414 e. The SMILES string of the molecule is CCN1CCC(NCc2cn(-c3ccccc3)nc2-c2ccc3c(c2)OCCO3)CC1.O=C(O)C(=O)O. The molecule has 3 N–H and O–H groups in total. The maximum absolute atomic E-state index is 9.10. The lowest BCUT2D eigenvalue weighted by Crippen LogP contribution is -2.42. The molecule has 0 atom stereocenters. The predicted molar refractivity (Wildman–Crippen MR) is 137 cm³/mol. The van der Waals surface area contributed by atoms with Gasteiger partial charge in [0, 0.05) is 29.9 Å². The first-order valence-corrected chi connectivity index (χ1v) is 12.4. The van der Waals surface area contributed by atoms with E-state index < -0.39 is 11.9 Å². The van der Waals surface area contributed by atoms with Crippen LogP contribution in [0.2, 0.25) is 0 Å². The standard InChI is InChI=1S/C25H30N4O2.C2H2O4/c1-2-28-12-10-21(11-13-28)26-17-20-18-29(22-6-4-3-5-7-22)27-25(20)19-8-9-23-24(16-19)31-15-14-30-23;3-1(4)2(5)6/h3-9,16,18,21,26H,2,10-15,17H2,1H3;(H,3,4)(H,5,6). The summed E-state index contributed by atoms with van der Waals surface area (Å²) in [5.41, 5.74) is 4.29. The van der Waals surface area contributed by atoms with Crippen LogP contribution in [0.3, 0.4) is 0 Å². The first-order chi connectivity index (χ1) is 17.9. The van der Waals surface area contributed by atoms with E-state index in [1.165, 1.54) is 31.5 Å². The number of aliphatic carboxylic acids is 2. The molecule has 0 spiro atoms. The predicted octanol–water partition coefficient (Wildman–Crippen LogP) is 3.04. The average molecular weight is 509 g/mol. The molecule has 1 aromatic heterocycles. The van der Waals surface area contributed by atoms with Gasteiger partial charge in [0.2, 0.25) is 0 Å². The number of hydrogen-bond acceptors (Lipinski definition) is 7. The summed E-state index contributed by atoms with van der Waals surface area (Å²) < 4.78 is 13.5. The van der Waals surface area contributed by atoms with Gasteiger partial charge in [0.1, 0.15) is 13.2 Å². The van der Waals surface area contributed by atoms with Crippen molar-refractivity contribution in [3.63, 3.8) is 0 Å². The van der Waals surface area contributed by atoms with Gasteiger partial charge in [-0.15, -0.1) is 0 Å². The zero-order chi connectivity index (χ0) is 26.2. The third kappa shape index (κ3) is 6.87. The molecule has 3 heterocycles. The first kappa shape index (κ1) is 26.2. The molecule has 2 aliphatic rings. The fraction of sp³-hybridized carbons (Fsp3) is 0.370. The molecular formula is C27H32N4O6. The number of likely N-dealkylation sites (tertiary alicyclic amines) is 1. The van der Waals surface area contributed by atoms with Gasteiger partial charge >= 0.3 is 11.9 Å². The van der Waals surface area contributed by atoms with Crippen LogP contribution in [-0.4, -0.2) is 75.7 Å². The summed E-state index contributed by atoms with van der Waals surface area (Å²) in [5.74, 6) is -2.05. The number of nitrogens with zero attached hydrogens (tertiary/aromatic N) is 3. The molecule has 2 aliphatic heterocycles. The lowest BCUT2D eigenvalue weighted by Gasteiger charge is -2.31. The largest absolute Gasteiger partial charge is 0.486 e. The maximum Gasteiger partial charge on any atom is 0.414 e. The molecule has 0 amide bonds. The molecule has 0 aliphatic carbocycles. The van der Waals surface area contributed by atoms with Gasteiger partial charge in [-0.2, -0.15) is 5.10 Å². The number of carboxylic acid groups (broad SMARTS) is 2. The van der Waals surface area contributed by atoms with Crippen molar-refractivity contribution >= 4 is 11.9 Å². The number of fused-ring (bicyclic) bond motifs is 1. The lowest BCUT2D eigenvalue weighted by atomic mass is 10.0. The van der Waals surface area contributed by atoms with E-state index in [0.717, 1.165) is 41.5 Å². The summed E-state index contributed by atoms with van der Waals surface area (Å²) in [4.78, 5) is 20.7. The van der Waals surface area contributed by atoms with Crippen molar-refractivity contribution in [1.82, 2.24) is 20.0 Å². The average Bonchev–Trinajstić information content (AvgIpc) is 3.37. The van der Waals surface area contributed by atoms with Crippen LogP contribution in [0.1, 0.15) is 25.3 Å². The molecular weight excluding hydrogens is 476 g/mol. The summed E-state index contributed by atoms with van der Waals surface area (Å²) in [6.07, 6.45) is 4.54. The minimum absolute atomic E-state index is 0.552. The van der Waals surface area contributed by atoms with E-state index in [-0.39, 0.29) is 0 Å². The summed E-state index contributed by atoms with van der Waals surface area (Å²) in [7, 11) is 0. The molecule has 0 radical (unpaired) electrons. The van der Waals surface area contributed by atoms with Gasteiger partial charge in [-0.05, 0) is 62.8 Å². The Balaban J connectivity index is 0.000000480. The molecule has 0 saturated carbocycles. The number of piperidine rings is 1. The Kier molecular flexibility index (Phi) is 8.76. The number of carbonyl (C=O) groups is 2. The maximum atomic E-state index is 9.10. The number of rotatable bonds is 6. The van der Waals surface area contributed by atoms with E-state index in [4.69, 9.17) is 34.4 Å². The van der Waals surface area contributed by atoms with Crippen molar-refractivity contribution in [1.29, 1.82) is 0 Å². The quantitative estimate of drug-likeness (QED) is 0.431. The van der Waals surface area contributed by atoms with Crippen LogP contribution in [0.4, 0.5) is 0 Å². The van der Waals surface area contributed by atoms with Crippen molar-refractivity contribution in [2.45, 2.75) is 32.4 Å². The molecule has 10 heteroatoms. The van der Waals surface area contributed by atoms with E-state index in [2.05, 4.69) is 47.6 Å². The van der Waals surface area contributed by atoms with E-state index in [1.807, 2.05) is 28.9 Å². The monoisotopic (exact) mass is 508 g/mol. The van der Waals surface area contributed by atoms with Gasteiger partial charge in [-0.3, -0.25) is 0 Å². The highest BCUT2D eigenvalue weighted by molar-refractivity contribution is 6.27. The van der Waals surface area contributed by atoms with Crippen molar-refractivity contribution < 1.29 is 29.3 Å². The molecule has 0 bridgehead atoms. The zero-order valence-electron chi connectivity index (χ0n) is 20.8. The third-order valence-electron chi connectivity index (χ3n) is 6.43. The number of aromatic nitrogens is 2. The molecule has 1 saturated heterocycles. The Hall–Kier alpha value is -3.89. The molecule has 196 valence electrons. The second-order valence-electron chi connectivity index (χ2n) is 8.84. The van der Waals surface area contributed by atoms with Crippen molar-refractivity contribution in [3.8, 4) is 28.4 Å². The molecule has 37 heavy (non-hydrogen) atoms. The normalized spacial score (nSPS) is 15.5. The Morgan fingerprint density at radius 1 is 1.00 bits per heavy atom. The highest BCUT2D eigenvalue weighted by atomic mass is 16.6. The van der Waals surface area contributed by atoms with Crippen molar-refractivity contribution in [2.24, 2.45) is 0 Å². The number of hydrogen-bond donors (Lipinski definition) is 3. The number of benzene rings is 2. The number of nitrogens with one attached hydrogen (secondary N) is 1. The summed E-state index contributed by atoms with van der Waals surface area (Å²) in [5, 5.41) is 23.5. The van der Waals surface area contributed by atoms with Gasteiger partial charge in [-0.25, -0.2) is 14.3 Å². The summed E-state index contributed by atoms with van der Waals surface area (Å²) in [6.45, 7) is 7.71. The highest BCUT2D eigenvalue weighted by Gasteiger charge is 2.20. The molecule has 5 rings (SSSR count). The topological polar surface area (TPSA) is 126 Å². The van der Waals surface area contributed by atoms with E-state index in [9.17, 15) is 0 Å². The summed E-state index contributed by atoms with van der Waals surface area (Å²) in [6, 6.07) is 16.9. The Bertz CT molecular complexity index is 1190.